The molecule has 0 aliphatic rings. The minimum atomic E-state index is -1.10. The molecule has 9 heteroatoms. The highest BCUT2D eigenvalue weighted by atomic mass is 35.5. The summed E-state index contributed by atoms with van der Waals surface area (Å²) in [5.74, 6) is -1.25. The molecule has 0 saturated carbocycles. The number of halogens is 2. The van der Waals surface area contributed by atoms with E-state index < -0.39 is 18.0 Å². The minimum Gasteiger partial charge on any atom is -0.449 e. The lowest BCUT2D eigenvalue weighted by atomic mass is 10.1. The van der Waals surface area contributed by atoms with Crippen LogP contribution in [-0.2, 0) is 9.53 Å². The van der Waals surface area contributed by atoms with E-state index in [1.54, 1.807) is 25.1 Å². The Hall–Kier alpha value is -3.42. The van der Waals surface area contributed by atoms with Gasteiger partial charge in [-0.15, -0.1) is 0 Å². The molecule has 1 unspecified atom stereocenters. The maximum absolute atomic E-state index is 13.0. The third-order valence-corrected chi connectivity index (χ3v) is 5.30. The highest BCUT2D eigenvalue weighted by Gasteiger charge is 2.24. The van der Waals surface area contributed by atoms with Crippen molar-refractivity contribution in [3.63, 3.8) is 0 Å². The molecule has 4 aromatic rings. The molecule has 2 aromatic carbocycles. The zero-order chi connectivity index (χ0) is 22.8. The number of aryl methyl sites for hydroxylation is 1. The van der Waals surface area contributed by atoms with Crippen LogP contribution in [0.15, 0.2) is 59.1 Å². The summed E-state index contributed by atoms with van der Waals surface area (Å²) in [5, 5.41) is 7.68. The molecule has 7 nitrogen and oxygen atoms in total. The van der Waals surface area contributed by atoms with E-state index in [1.807, 2.05) is 30.3 Å². The van der Waals surface area contributed by atoms with Gasteiger partial charge in [-0.05, 0) is 38.1 Å². The molecular weight excluding hydrogens is 453 g/mol. The van der Waals surface area contributed by atoms with Crippen LogP contribution >= 0.6 is 23.2 Å². The van der Waals surface area contributed by atoms with Crippen molar-refractivity contribution >= 4 is 51.9 Å². The molecule has 162 valence electrons. The van der Waals surface area contributed by atoms with Crippen molar-refractivity contribution in [3.8, 4) is 11.3 Å². The van der Waals surface area contributed by atoms with E-state index in [9.17, 15) is 9.59 Å². The molecule has 2 aromatic heterocycles. The molecule has 0 radical (unpaired) electrons. The largest absolute Gasteiger partial charge is 0.449 e. The smallest absolute Gasteiger partial charge is 0.339 e. The van der Waals surface area contributed by atoms with Gasteiger partial charge in [-0.25, -0.2) is 9.78 Å². The number of carbonyl (C=O) groups is 2. The minimum absolute atomic E-state index is 0.205. The van der Waals surface area contributed by atoms with E-state index >= 15 is 0 Å². The second-order valence-electron chi connectivity index (χ2n) is 7.03. The first-order valence-corrected chi connectivity index (χ1v) is 10.4. The molecule has 0 bridgehead atoms. The standard InChI is InChI=1S/C23H17Cl2N3O4/c1-12-20-16(11-19(27-22(20)32-28-12)14-6-4-3-5-7-14)23(30)31-13(2)21(29)26-18-9-8-15(24)10-17(18)25/h3-11,13H,1-2H3,(H,26,29). The SMILES string of the molecule is Cc1noc2nc(-c3ccccc3)cc(C(=O)OC(C)C(=O)Nc3ccc(Cl)cc3Cl)c12. The van der Waals surface area contributed by atoms with Crippen LogP contribution in [0.1, 0.15) is 23.0 Å². The summed E-state index contributed by atoms with van der Waals surface area (Å²) in [6.07, 6.45) is -1.10. The average Bonchev–Trinajstić information content (AvgIpc) is 3.16. The van der Waals surface area contributed by atoms with Gasteiger partial charge in [0.05, 0.1) is 33.0 Å². The second kappa shape index (κ2) is 8.98. The molecule has 1 amide bonds. The molecule has 2 heterocycles. The van der Waals surface area contributed by atoms with Gasteiger partial charge in [0.1, 0.15) is 0 Å². The Bertz CT molecular complexity index is 1320. The molecule has 0 saturated heterocycles. The number of nitrogens with zero attached hydrogens (tertiary/aromatic N) is 2. The van der Waals surface area contributed by atoms with Gasteiger partial charge in [0.15, 0.2) is 6.10 Å². The normalized spacial score (nSPS) is 11.9. The van der Waals surface area contributed by atoms with Crippen LogP contribution in [0.5, 0.6) is 0 Å². The summed E-state index contributed by atoms with van der Waals surface area (Å²) in [6, 6.07) is 15.6. The van der Waals surface area contributed by atoms with E-state index in [2.05, 4.69) is 15.5 Å². The Labute approximate surface area is 193 Å². The Kier molecular flexibility index (Phi) is 6.12. The predicted octanol–water partition coefficient (Wildman–Crippen LogP) is 5.69. The van der Waals surface area contributed by atoms with Crippen LogP contribution in [0, 0.1) is 6.92 Å². The van der Waals surface area contributed by atoms with Crippen LogP contribution in [0.25, 0.3) is 22.4 Å². The van der Waals surface area contributed by atoms with Gasteiger partial charge in [-0.1, -0.05) is 58.7 Å². The molecule has 0 aliphatic heterocycles. The number of anilines is 1. The van der Waals surface area contributed by atoms with Gasteiger partial charge in [0.25, 0.3) is 11.6 Å². The van der Waals surface area contributed by atoms with Crippen LogP contribution < -0.4 is 5.32 Å². The van der Waals surface area contributed by atoms with Crippen molar-refractivity contribution in [3.05, 3.63) is 75.9 Å². The third-order valence-electron chi connectivity index (χ3n) is 4.75. The number of hydrogen-bond donors (Lipinski definition) is 1. The van der Waals surface area contributed by atoms with E-state index in [0.29, 0.717) is 27.5 Å². The molecule has 0 spiro atoms. The van der Waals surface area contributed by atoms with E-state index in [1.165, 1.54) is 13.0 Å². The topological polar surface area (TPSA) is 94.3 Å². The van der Waals surface area contributed by atoms with Crippen LogP contribution in [0.3, 0.4) is 0 Å². The average molecular weight is 470 g/mol. The lowest BCUT2D eigenvalue weighted by Crippen LogP contribution is -2.30. The number of pyridine rings is 1. The Morgan fingerprint density at radius 3 is 2.56 bits per heavy atom. The fourth-order valence-corrected chi connectivity index (χ4v) is 3.57. The molecule has 4 rings (SSSR count). The molecule has 32 heavy (non-hydrogen) atoms. The molecule has 0 fully saturated rings. The summed E-state index contributed by atoms with van der Waals surface area (Å²) in [7, 11) is 0. The maximum atomic E-state index is 13.0. The first kappa shape index (κ1) is 21.8. The van der Waals surface area contributed by atoms with Gasteiger partial charge in [-0.2, -0.15) is 0 Å². The zero-order valence-corrected chi connectivity index (χ0v) is 18.6. The number of benzene rings is 2. The number of esters is 1. The Morgan fingerprint density at radius 2 is 1.84 bits per heavy atom. The molecule has 0 aliphatic carbocycles. The fourth-order valence-electron chi connectivity index (χ4n) is 3.12. The summed E-state index contributed by atoms with van der Waals surface area (Å²) in [5.41, 5.74) is 2.57. The van der Waals surface area contributed by atoms with Crippen LogP contribution in [-0.4, -0.2) is 28.1 Å². The summed E-state index contributed by atoms with van der Waals surface area (Å²) in [6.45, 7) is 3.17. The highest BCUT2D eigenvalue weighted by Crippen LogP contribution is 2.28. The first-order chi connectivity index (χ1) is 15.3. The van der Waals surface area contributed by atoms with Crippen molar-refractivity contribution in [2.45, 2.75) is 20.0 Å². The number of ether oxygens (including phenoxy) is 1. The van der Waals surface area contributed by atoms with Gasteiger partial charge >= 0.3 is 5.97 Å². The number of fused-ring (bicyclic) bond motifs is 1. The quantitative estimate of drug-likeness (QED) is 0.377. The summed E-state index contributed by atoms with van der Waals surface area (Å²) >= 11 is 12.0. The number of amides is 1. The van der Waals surface area contributed by atoms with Gasteiger partial charge in [-0.3, -0.25) is 4.79 Å². The van der Waals surface area contributed by atoms with Crippen molar-refractivity contribution in [2.24, 2.45) is 0 Å². The third kappa shape index (κ3) is 4.44. The van der Waals surface area contributed by atoms with Gasteiger partial charge < -0.3 is 14.6 Å². The first-order valence-electron chi connectivity index (χ1n) is 9.63. The second-order valence-corrected chi connectivity index (χ2v) is 7.87. The highest BCUT2D eigenvalue weighted by molar-refractivity contribution is 6.36. The zero-order valence-electron chi connectivity index (χ0n) is 17.1. The number of hydrogen-bond acceptors (Lipinski definition) is 6. The lowest BCUT2D eigenvalue weighted by Gasteiger charge is -2.15. The lowest BCUT2D eigenvalue weighted by molar-refractivity contribution is -0.123. The van der Waals surface area contributed by atoms with Gasteiger partial charge in [0.2, 0.25) is 0 Å². The van der Waals surface area contributed by atoms with Crippen molar-refractivity contribution in [1.82, 2.24) is 10.1 Å². The Balaban J connectivity index is 1.60. The number of nitrogens with one attached hydrogen (secondary N) is 1. The van der Waals surface area contributed by atoms with Crippen molar-refractivity contribution in [1.29, 1.82) is 0 Å². The summed E-state index contributed by atoms with van der Waals surface area (Å²) in [4.78, 5) is 30.0. The molecule has 1 N–H and O–H groups in total. The monoisotopic (exact) mass is 469 g/mol. The molecular formula is C23H17Cl2N3O4. The maximum Gasteiger partial charge on any atom is 0.339 e. The van der Waals surface area contributed by atoms with Crippen LogP contribution in [0.2, 0.25) is 10.0 Å². The van der Waals surface area contributed by atoms with Crippen LogP contribution in [0.4, 0.5) is 5.69 Å². The Morgan fingerprint density at radius 1 is 1.09 bits per heavy atom. The number of rotatable bonds is 5. The number of carbonyl (C=O) groups excluding carboxylic acids is 2. The molecule has 1 atom stereocenters. The van der Waals surface area contributed by atoms with Crippen molar-refractivity contribution < 1.29 is 18.8 Å². The summed E-state index contributed by atoms with van der Waals surface area (Å²) < 4.78 is 10.7. The van der Waals surface area contributed by atoms with Crippen molar-refractivity contribution in [2.75, 3.05) is 5.32 Å². The van der Waals surface area contributed by atoms with E-state index in [0.717, 1.165) is 5.56 Å². The predicted molar refractivity (Wildman–Crippen MR) is 122 cm³/mol. The fraction of sp³-hybridized carbons (Fsp3) is 0.130. The number of aromatic nitrogens is 2. The van der Waals surface area contributed by atoms with Gasteiger partial charge in [0, 0.05) is 10.6 Å². The van der Waals surface area contributed by atoms with E-state index in [-0.39, 0.29) is 16.3 Å². The van der Waals surface area contributed by atoms with E-state index in [4.69, 9.17) is 32.5 Å².